The summed E-state index contributed by atoms with van der Waals surface area (Å²) in [5.41, 5.74) is 2.72. The zero-order valence-electron chi connectivity index (χ0n) is 14.2. The van der Waals surface area contributed by atoms with E-state index in [1.54, 1.807) is 6.20 Å². The second-order valence-electron chi connectivity index (χ2n) is 6.53. The lowest BCUT2D eigenvalue weighted by atomic mass is 9.97. The summed E-state index contributed by atoms with van der Waals surface area (Å²) in [6.07, 6.45) is 6.75. The molecule has 128 valence electrons. The van der Waals surface area contributed by atoms with Crippen molar-refractivity contribution in [2.45, 2.75) is 32.2 Å². The lowest BCUT2D eigenvalue weighted by Gasteiger charge is -2.35. The number of aromatic nitrogens is 1. The Morgan fingerprint density at radius 1 is 1.28 bits per heavy atom. The Balaban J connectivity index is 1.55. The van der Waals surface area contributed by atoms with Crippen molar-refractivity contribution < 1.29 is 9.21 Å². The van der Waals surface area contributed by atoms with Gasteiger partial charge in [-0.05, 0) is 62.1 Å². The minimum absolute atomic E-state index is 0.0619. The van der Waals surface area contributed by atoms with Crippen molar-refractivity contribution in [3.05, 3.63) is 60.1 Å². The Morgan fingerprint density at radius 3 is 3.04 bits per heavy atom. The molecular formula is C20H21N3O2. The molecule has 1 N–H and O–H groups in total. The van der Waals surface area contributed by atoms with Crippen LogP contribution in [0.5, 0.6) is 0 Å². The first kappa shape index (κ1) is 15.7. The number of furan rings is 1. The Labute approximate surface area is 146 Å². The fourth-order valence-electron chi connectivity index (χ4n) is 3.54. The number of fused-ring (bicyclic) bond motifs is 1. The van der Waals surface area contributed by atoms with Crippen molar-refractivity contribution in [1.29, 1.82) is 0 Å². The molecule has 0 saturated carbocycles. The quantitative estimate of drug-likeness (QED) is 0.725. The van der Waals surface area contributed by atoms with E-state index in [1.165, 1.54) is 0 Å². The minimum atomic E-state index is -0.0619. The molecule has 0 radical (unpaired) electrons. The number of nitrogens with one attached hydrogen (secondary N) is 1. The first-order valence-corrected chi connectivity index (χ1v) is 8.68. The lowest BCUT2D eigenvalue weighted by molar-refractivity contribution is 0.163. The van der Waals surface area contributed by atoms with Gasteiger partial charge in [-0.15, -0.1) is 0 Å². The van der Waals surface area contributed by atoms with Crippen molar-refractivity contribution in [2.24, 2.45) is 0 Å². The standard InChI is InChI=1S/C20H21N3O2/c1-14-11-16-12-17(7-8-19(16)25-14)22-20(24)23-10-3-2-6-18(23)15-5-4-9-21-13-15/h4-5,7-9,11-13,18H,2-3,6,10H2,1H3,(H,22,24)/t18-/m0/s1. The van der Waals surface area contributed by atoms with Crippen molar-refractivity contribution in [1.82, 2.24) is 9.88 Å². The van der Waals surface area contributed by atoms with Crippen molar-refractivity contribution >= 4 is 22.7 Å². The smallest absolute Gasteiger partial charge is 0.322 e. The van der Waals surface area contributed by atoms with Gasteiger partial charge >= 0.3 is 6.03 Å². The average Bonchev–Trinajstić information content (AvgIpc) is 3.02. The summed E-state index contributed by atoms with van der Waals surface area (Å²) in [6.45, 7) is 2.68. The van der Waals surface area contributed by atoms with Crippen LogP contribution in [-0.2, 0) is 0 Å². The number of nitrogens with zero attached hydrogens (tertiary/aromatic N) is 2. The molecule has 1 aromatic carbocycles. The van der Waals surface area contributed by atoms with Crippen LogP contribution in [0.3, 0.4) is 0 Å². The van der Waals surface area contributed by atoms with E-state index in [9.17, 15) is 4.79 Å². The summed E-state index contributed by atoms with van der Waals surface area (Å²) >= 11 is 0. The van der Waals surface area contributed by atoms with Gasteiger partial charge in [0.05, 0.1) is 6.04 Å². The topological polar surface area (TPSA) is 58.4 Å². The van der Waals surface area contributed by atoms with Crippen molar-refractivity contribution in [3.8, 4) is 0 Å². The molecule has 2 amide bonds. The maximum Gasteiger partial charge on any atom is 0.322 e. The fraction of sp³-hybridized carbons (Fsp3) is 0.300. The van der Waals surface area contributed by atoms with Gasteiger partial charge in [0, 0.05) is 30.0 Å². The van der Waals surface area contributed by atoms with E-state index in [-0.39, 0.29) is 12.1 Å². The Kier molecular flexibility index (Phi) is 4.14. The van der Waals surface area contributed by atoms with Crippen LogP contribution in [0.1, 0.15) is 36.6 Å². The molecular weight excluding hydrogens is 314 g/mol. The third-order valence-electron chi connectivity index (χ3n) is 4.72. The van der Waals surface area contributed by atoms with Crippen LogP contribution in [0.25, 0.3) is 11.0 Å². The molecule has 1 saturated heterocycles. The highest BCUT2D eigenvalue weighted by molar-refractivity contribution is 5.92. The summed E-state index contributed by atoms with van der Waals surface area (Å²) in [4.78, 5) is 19.0. The highest BCUT2D eigenvalue weighted by atomic mass is 16.3. The second-order valence-corrected chi connectivity index (χ2v) is 6.53. The van der Waals surface area contributed by atoms with Crippen LogP contribution in [0.15, 0.2) is 53.2 Å². The number of hydrogen-bond donors (Lipinski definition) is 1. The van der Waals surface area contributed by atoms with Gasteiger partial charge in [0.15, 0.2) is 0 Å². The number of carbonyl (C=O) groups excluding carboxylic acids is 1. The number of benzene rings is 1. The molecule has 5 nitrogen and oxygen atoms in total. The van der Waals surface area contributed by atoms with E-state index >= 15 is 0 Å². The number of aryl methyl sites for hydroxylation is 1. The van der Waals surface area contributed by atoms with Crippen LogP contribution in [0, 0.1) is 6.92 Å². The number of amides is 2. The SMILES string of the molecule is Cc1cc2cc(NC(=O)N3CCCC[C@H]3c3cccnc3)ccc2o1. The minimum Gasteiger partial charge on any atom is -0.461 e. The molecule has 1 atom stereocenters. The molecule has 25 heavy (non-hydrogen) atoms. The van der Waals surface area contributed by atoms with E-state index in [0.717, 1.165) is 53.8 Å². The van der Waals surface area contributed by atoms with Gasteiger partial charge in [-0.1, -0.05) is 6.07 Å². The number of likely N-dealkylation sites (tertiary alicyclic amines) is 1. The van der Waals surface area contributed by atoms with Gasteiger partial charge < -0.3 is 14.6 Å². The number of pyridine rings is 1. The molecule has 2 aromatic heterocycles. The largest absolute Gasteiger partial charge is 0.461 e. The molecule has 3 aromatic rings. The van der Waals surface area contributed by atoms with Crippen LogP contribution >= 0.6 is 0 Å². The molecule has 1 aliphatic heterocycles. The van der Waals surface area contributed by atoms with Gasteiger partial charge in [0.2, 0.25) is 0 Å². The predicted octanol–water partition coefficient (Wildman–Crippen LogP) is 4.90. The Morgan fingerprint density at radius 2 is 2.20 bits per heavy atom. The first-order valence-electron chi connectivity index (χ1n) is 8.68. The van der Waals surface area contributed by atoms with E-state index in [0.29, 0.717) is 0 Å². The number of urea groups is 1. The molecule has 0 aliphatic carbocycles. The maximum absolute atomic E-state index is 12.9. The maximum atomic E-state index is 12.9. The van der Waals surface area contributed by atoms with E-state index in [1.807, 2.05) is 54.4 Å². The van der Waals surface area contributed by atoms with Gasteiger partial charge in [0.25, 0.3) is 0 Å². The molecule has 1 fully saturated rings. The predicted molar refractivity (Wildman–Crippen MR) is 97.5 cm³/mol. The summed E-state index contributed by atoms with van der Waals surface area (Å²) in [7, 11) is 0. The van der Waals surface area contributed by atoms with Gasteiger partial charge in [-0.25, -0.2) is 4.79 Å². The molecule has 3 heterocycles. The summed E-state index contributed by atoms with van der Waals surface area (Å²) in [5.74, 6) is 0.867. The zero-order chi connectivity index (χ0) is 17.2. The third kappa shape index (κ3) is 3.22. The zero-order valence-corrected chi connectivity index (χ0v) is 14.2. The highest BCUT2D eigenvalue weighted by Crippen LogP contribution is 2.31. The average molecular weight is 335 g/mol. The number of carbonyl (C=O) groups is 1. The van der Waals surface area contributed by atoms with Gasteiger partial charge in [-0.2, -0.15) is 0 Å². The first-order chi connectivity index (χ1) is 12.2. The summed E-state index contributed by atoms with van der Waals surface area (Å²) in [6, 6.07) is 11.7. The van der Waals surface area contributed by atoms with Crippen LogP contribution in [-0.4, -0.2) is 22.5 Å². The van der Waals surface area contributed by atoms with E-state index in [4.69, 9.17) is 4.42 Å². The lowest BCUT2D eigenvalue weighted by Crippen LogP contribution is -2.41. The molecule has 0 bridgehead atoms. The Hall–Kier alpha value is -2.82. The fourth-order valence-corrected chi connectivity index (χ4v) is 3.54. The summed E-state index contributed by atoms with van der Waals surface area (Å²) in [5, 5.41) is 4.04. The number of rotatable bonds is 2. The number of hydrogen-bond acceptors (Lipinski definition) is 3. The summed E-state index contributed by atoms with van der Waals surface area (Å²) < 4.78 is 5.59. The van der Waals surface area contributed by atoms with Crippen LogP contribution in [0.2, 0.25) is 0 Å². The monoisotopic (exact) mass is 335 g/mol. The van der Waals surface area contributed by atoms with Crippen LogP contribution in [0.4, 0.5) is 10.5 Å². The Bertz CT molecular complexity index is 888. The van der Waals surface area contributed by atoms with Crippen LogP contribution < -0.4 is 5.32 Å². The molecule has 1 aliphatic rings. The normalized spacial score (nSPS) is 17.6. The van der Waals surface area contributed by atoms with E-state index < -0.39 is 0 Å². The highest BCUT2D eigenvalue weighted by Gasteiger charge is 2.28. The number of piperidine rings is 1. The second kappa shape index (κ2) is 6.59. The third-order valence-corrected chi connectivity index (χ3v) is 4.72. The number of anilines is 1. The van der Waals surface area contributed by atoms with Gasteiger partial charge in [0.1, 0.15) is 11.3 Å². The molecule has 5 heteroatoms. The molecule has 4 rings (SSSR count). The van der Waals surface area contributed by atoms with Crippen molar-refractivity contribution in [2.75, 3.05) is 11.9 Å². The molecule has 0 unspecified atom stereocenters. The van der Waals surface area contributed by atoms with Crippen molar-refractivity contribution in [3.63, 3.8) is 0 Å². The van der Waals surface area contributed by atoms with Gasteiger partial charge in [-0.3, -0.25) is 4.98 Å². The van der Waals surface area contributed by atoms with E-state index in [2.05, 4.69) is 10.3 Å². The molecule has 0 spiro atoms.